The van der Waals surface area contributed by atoms with Crippen LogP contribution < -0.4 is 9.47 Å². The fraction of sp³-hybridized carbons (Fsp3) is 0.238. The van der Waals surface area contributed by atoms with Crippen LogP contribution in [0.25, 0.3) is 10.8 Å². The van der Waals surface area contributed by atoms with E-state index >= 15 is 0 Å². The molecule has 0 saturated heterocycles. The highest BCUT2D eigenvalue weighted by Crippen LogP contribution is 2.28. The second-order valence-corrected chi connectivity index (χ2v) is 6.18. The molecule has 0 radical (unpaired) electrons. The highest BCUT2D eigenvalue weighted by atomic mass is 16.5. The summed E-state index contributed by atoms with van der Waals surface area (Å²) in [5.41, 5.74) is 0.914. The van der Waals surface area contributed by atoms with E-state index in [1.165, 1.54) is 0 Å². The largest absolute Gasteiger partial charge is 0.491 e. The molecule has 3 rings (SSSR count). The van der Waals surface area contributed by atoms with Crippen LogP contribution in [0.3, 0.4) is 0 Å². The van der Waals surface area contributed by atoms with E-state index in [1.54, 1.807) is 6.92 Å². The number of aliphatic hydroxyl groups is 1. The fourth-order valence-corrected chi connectivity index (χ4v) is 2.56. The Bertz CT molecular complexity index is 820. The highest BCUT2D eigenvalue weighted by Gasteiger charge is 2.04. The summed E-state index contributed by atoms with van der Waals surface area (Å²) in [4.78, 5) is 0. The van der Waals surface area contributed by atoms with Crippen LogP contribution in [0.5, 0.6) is 17.2 Å². The molecule has 0 amide bonds. The summed E-state index contributed by atoms with van der Waals surface area (Å²) in [5, 5.41) is 11.8. The first-order chi connectivity index (χ1) is 11.5. The van der Waals surface area contributed by atoms with Crippen LogP contribution in [0.1, 0.15) is 32.4 Å². The number of hydrogen-bond acceptors (Lipinski definition) is 3. The van der Waals surface area contributed by atoms with Gasteiger partial charge < -0.3 is 14.6 Å². The number of aliphatic hydroxyl groups excluding tert-OH is 1. The molecular weight excluding hydrogens is 300 g/mol. The molecule has 0 spiro atoms. The van der Waals surface area contributed by atoms with Crippen LogP contribution in [0.2, 0.25) is 0 Å². The minimum Gasteiger partial charge on any atom is -0.491 e. The predicted octanol–water partition coefficient (Wildman–Crippen LogP) is 5.47. The van der Waals surface area contributed by atoms with Crippen molar-refractivity contribution in [3.63, 3.8) is 0 Å². The molecule has 0 heterocycles. The molecule has 0 fully saturated rings. The first kappa shape index (κ1) is 16.3. The number of benzene rings is 3. The van der Waals surface area contributed by atoms with Crippen molar-refractivity contribution in [1.29, 1.82) is 0 Å². The van der Waals surface area contributed by atoms with Crippen LogP contribution in [0.4, 0.5) is 0 Å². The van der Waals surface area contributed by atoms with Gasteiger partial charge in [0.25, 0.3) is 0 Å². The van der Waals surface area contributed by atoms with Crippen molar-refractivity contribution in [2.45, 2.75) is 33.0 Å². The normalized spacial score (nSPS) is 12.4. The van der Waals surface area contributed by atoms with Gasteiger partial charge in [0, 0.05) is 0 Å². The lowest BCUT2D eigenvalue weighted by Crippen LogP contribution is -2.05. The van der Waals surface area contributed by atoms with Gasteiger partial charge in [0.1, 0.15) is 17.2 Å². The lowest BCUT2D eigenvalue weighted by atomic mass is 10.0. The van der Waals surface area contributed by atoms with Crippen molar-refractivity contribution < 1.29 is 14.6 Å². The molecule has 0 aliphatic rings. The second-order valence-electron chi connectivity index (χ2n) is 6.18. The third-order valence-corrected chi connectivity index (χ3v) is 3.75. The average molecular weight is 322 g/mol. The summed E-state index contributed by atoms with van der Waals surface area (Å²) in [6, 6.07) is 19.5. The second kappa shape index (κ2) is 6.93. The fourth-order valence-electron chi connectivity index (χ4n) is 2.56. The summed E-state index contributed by atoms with van der Waals surface area (Å²) in [6.45, 7) is 5.77. The molecule has 24 heavy (non-hydrogen) atoms. The number of ether oxygens (including phenoxy) is 2. The number of hydrogen-bond donors (Lipinski definition) is 1. The van der Waals surface area contributed by atoms with E-state index in [0.29, 0.717) is 0 Å². The summed E-state index contributed by atoms with van der Waals surface area (Å²) in [5.74, 6) is 2.39. The molecule has 0 aliphatic carbocycles. The summed E-state index contributed by atoms with van der Waals surface area (Å²) < 4.78 is 11.6. The minimum absolute atomic E-state index is 0.156. The molecule has 1 unspecified atom stereocenters. The quantitative estimate of drug-likeness (QED) is 0.676. The van der Waals surface area contributed by atoms with E-state index in [9.17, 15) is 5.11 Å². The molecule has 124 valence electrons. The topological polar surface area (TPSA) is 38.7 Å². The van der Waals surface area contributed by atoms with Gasteiger partial charge >= 0.3 is 0 Å². The Balaban J connectivity index is 1.78. The van der Waals surface area contributed by atoms with Gasteiger partial charge in [0.05, 0.1) is 12.2 Å². The first-order valence-electron chi connectivity index (χ1n) is 8.17. The van der Waals surface area contributed by atoms with Gasteiger partial charge in [-0.2, -0.15) is 0 Å². The Kier molecular flexibility index (Phi) is 4.72. The maximum Gasteiger partial charge on any atom is 0.128 e. The Labute approximate surface area is 142 Å². The van der Waals surface area contributed by atoms with Crippen LogP contribution in [-0.4, -0.2) is 11.2 Å². The summed E-state index contributed by atoms with van der Waals surface area (Å²) in [6.07, 6.45) is -0.305. The molecule has 3 aromatic carbocycles. The van der Waals surface area contributed by atoms with Crippen LogP contribution in [-0.2, 0) is 0 Å². The Morgan fingerprint density at radius 2 is 1.29 bits per heavy atom. The van der Waals surface area contributed by atoms with Crippen molar-refractivity contribution in [1.82, 2.24) is 0 Å². The van der Waals surface area contributed by atoms with Crippen molar-refractivity contribution >= 4 is 10.8 Å². The number of fused-ring (bicyclic) bond motifs is 1. The molecule has 3 heteroatoms. The van der Waals surface area contributed by atoms with Gasteiger partial charge in [0.15, 0.2) is 0 Å². The van der Waals surface area contributed by atoms with Gasteiger partial charge in [0.2, 0.25) is 0 Å². The molecule has 1 N–H and O–H groups in total. The molecular formula is C21H22O3. The van der Waals surface area contributed by atoms with E-state index in [4.69, 9.17) is 9.47 Å². The smallest absolute Gasteiger partial charge is 0.128 e. The Morgan fingerprint density at radius 1 is 0.708 bits per heavy atom. The Morgan fingerprint density at radius 3 is 1.96 bits per heavy atom. The van der Waals surface area contributed by atoms with E-state index < -0.39 is 6.10 Å². The molecule has 0 aliphatic heterocycles. The predicted molar refractivity (Wildman–Crippen MR) is 96.9 cm³/mol. The maximum atomic E-state index is 9.67. The average Bonchev–Trinajstić information content (AvgIpc) is 2.55. The summed E-state index contributed by atoms with van der Waals surface area (Å²) in [7, 11) is 0. The Hall–Kier alpha value is -2.52. The van der Waals surface area contributed by atoms with Crippen LogP contribution >= 0.6 is 0 Å². The first-order valence-corrected chi connectivity index (χ1v) is 8.17. The lowest BCUT2D eigenvalue weighted by Gasteiger charge is -2.11. The molecule has 0 aromatic heterocycles. The molecule has 0 saturated carbocycles. The SMILES string of the molecule is CC(C)Oc1ccc(Oc2ccc3cc(C(C)O)ccc3c2)cc1. The van der Waals surface area contributed by atoms with E-state index in [-0.39, 0.29) is 6.10 Å². The minimum atomic E-state index is -0.461. The van der Waals surface area contributed by atoms with Crippen molar-refractivity contribution in [3.05, 3.63) is 66.2 Å². The monoisotopic (exact) mass is 322 g/mol. The van der Waals surface area contributed by atoms with Crippen molar-refractivity contribution in [3.8, 4) is 17.2 Å². The van der Waals surface area contributed by atoms with E-state index in [2.05, 4.69) is 0 Å². The highest BCUT2D eigenvalue weighted by molar-refractivity contribution is 5.84. The van der Waals surface area contributed by atoms with Crippen LogP contribution in [0.15, 0.2) is 60.7 Å². The van der Waals surface area contributed by atoms with E-state index in [0.717, 1.165) is 33.6 Å². The number of rotatable bonds is 5. The molecule has 3 aromatic rings. The molecule has 0 bridgehead atoms. The van der Waals surface area contributed by atoms with Crippen LogP contribution in [0, 0.1) is 0 Å². The van der Waals surface area contributed by atoms with Gasteiger partial charge in [-0.15, -0.1) is 0 Å². The third-order valence-electron chi connectivity index (χ3n) is 3.75. The van der Waals surface area contributed by atoms with Gasteiger partial charge in [-0.25, -0.2) is 0 Å². The van der Waals surface area contributed by atoms with Gasteiger partial charge in [-0.05, 0) is 79.6 Å². The standard InChI is InChI=1S/C21H22O3/c1-14(2)23-19-8-10-20(11-9-19)24-21-7-6-17-12-16(15(3)22)4-5-18(17)13-21/h4-15,22H,1-3H3. The zero-order valence-corrected chi connectivity index (χ0v) is 14.2. The van der Waals surface area contributed by atoms with Gasteiger partial charge in [-0.1, -0.05) is 18.2 Å². The third kappa shape index (κ3) is 3.87. The van der Waals surface area contributed by atoms with E-state index in [1.807, 2.05) is 74.5 Å². The van der Waals surface area contributed by atoms with Crippen molar-refractivity contribution in [2.75, 3.05) is 0 Å². The summed E-state index contributed by atoms with van der Waals surface area (Å²) >= 11 is 0. The molecule has 1 atom stereocenters. The maximum absolute atomic E-state index is 9.67. The lowest BCUT2D eigenvalue weighted by molar-refractivity contribution is 0.199. The zero-order valence-electron chi connectivity index (χ0n) is 14.2. The van der Waals surface area contributed by atoms with Gasteiger partial charge in [-0.3, -0.25) is 0 Å². The molecule has 3 nitrogen and oxygen atoms in total. The zero-order chi connectivity index (χ0) is 17.1. The van der Waals surface area contributed by atoms with Crippen molar-refractivity contribution in [2.24, 2.45) is 0 Å².